The molecule has 0 atom stereocenters. The molecule has 0 spiro atoms. The number of nitriles is 1. The summed E-state index contributed by atoms with van der Waals surface area (Å²) in [6.07, 6.45) is 0. The SMILES string of the molecule is Cc1cc(S(=O)(=O)NCC(=O)C(C)C)ccc1C#N. The van der Waals surface area contributed by atoms with Gasteiger partial charge in [-0.3, -0.25) is 4.79 Å². The van der Waals surface area contributed by atoms with Crippen LogP contribution in [-0.4, -0.2) is 20.7 Å². The molecular formula is C13H16N2O3S. The Morgan fingerprint density at radius 1 is 1.42 bits per heavy atom. The number of nitrogens with zero attached hydrogens (tertiary/aromatic N) is 1. The van der Waals surface area contributed by atoms with Gasteiger partial charge < -0.3 is 0 Å². The zero-order valence-electron chi connectivity index (χ0n) is 11.1. The Labute approximate surface area is 113 Å². The summed E-state index contributed by atoms with van der Waals surface area (Å²) in [6.45, 7) is 4.86. The van der Waals surface area contributed by atoms with Gasteiger partial charge in [-0.25, -0.2) is 13.1 Å². The zero-order valence-corrected chi connectivity index (χ0v) is 11.9. The Hall–Kier alpha value is -1.71. The fraction of sp³-hybridized carbons (Fsp3) is 0.385. The third-order valence-corrected chi connectivity index (χ3v) is 4.11. The maximum absolute atomic E-state index is 12.0. The molecule has 1 N–H and O–H groups in total. The van der Waals surface area contributed by atoms with Crippen LogP contribution in [0, 0.1) is 24.2 Å². The molecule has 5 nitrogen and oxygen atoms in total. The number of aryl methyl sites for hydroxylation is 1. The molecule has 0 unspecified atom stereocenters. The van der Waals surface area contributed by atoms with E-state index in [4.69, 9.17) is 5.26 Å². The number of benzene rings is 1. The van der Waals surface area contributed by atoms with E-state index in [0.717, 1.165) is 0 Å². The maximum atomic E-state index is 12.0. The number of nitrogens with one attached hydrogen (secondary N) is 1. The lowest BCUT2D eigenvalue weighted by Crippen LogP contribution is -2.31. The Balaban J connectivity index is 2.93. The van der Waals surface area contributed by atoms with Crippen molar-refractivity contribution in [3.05, 3.63) is 29.3 Å². The van der Waals surface area contributed by atoms with Crippen molar-refractivity contribution in [3.8, 4) is 6.07 Å². The summed E-state index contributed by atoms with van der Waals surface area (Å²) in [7, 11) is -3.72. The number of ketones is 1. The number of hydrogen-bond donors (Lipinski definition) is 1. The predicted molar refractivity (Wildman–Crippen MR) is 70.9 cm³/mol. The number of hydrogen-bond acceptors (Lipinski definition) is 4. The number of carbonyl (C=O) groups is 1. The minimum Gasteiger partial charge on any atom is -0.298 e. The Kier molecular flexibility index (Phi) is 4.81. The first kappa shape index (κ1) is 15.3. The van der Waals surface area contributed by atoms with Crippen molar-refractivity contribution in [2.75, 3.05) is 6.54 Å². The second kappa shape index (κ2) is 5.95. The normalized spacial score (nSPS) is 11.3. The fourth-order valence-corrected chi connectivity index (χ4v) is 2.46. The highest BCUT2D eigenvalue weighted by molar-refractivity contribution is 7.89. The molecule has 0 saturated heterocycles. The van der Waals surface area contributed by atoms with Crippen LogP contribution in [0.25, 0.3) is 0 Å². The van der Waals surface area contributed by atoms with Crippen molar-refractivity contribution < 1.29 is 13.2 Å². The molecule has 102 valence electrons. The summed E-state index contributed by atoms with van der Waals surface area (Å²) < 4.78 is 26.2. The average Bonchev–Trinajstić information content (AvgIpc) is 2.35. The molecule has 1 rings (SSSR count). The first-order chi connectivity index (χ1) is 8.77. The van der Waals surface area contributed by atoms with Gasteiger partial charge in [0.1, 0.15) is 5.78 Å². The standard InChI is InChI=1S/C13H16N2O3S/c1-9(2)13(16)8-15-19(17,18)12-5-4-11(7-14)10(3)6-12/h4-6,9,15H,8H2,1-3H3. The quantitative estimate of drug-likeness (QED) is 0.882. The van der Waals surface area contributed by atoms with Crippen molar-refractivity contribution in [1.29, 1.82) is 5.26 Å². The van der Waals surface area contributed by atoms with E-state index >= 15 is 0 Å². The van der Waals surface area contributed by atoms with E-state index in [-0.39, 0.29) is 23.1 Å². The lowest BCUT2D eigenvalue weighted by atomic mass is 10.1. The lowest BCUT2D eigenvalue weighted by molar-refractivity contribution is -0.120. The van der Waals surface area contributed by atoms with E-state index in [9.17, 15) is 13.2 Å². The molecular weight excluding hydrogens is 264 g/mol. The van der Waals surface area contributed by atoms with E-state index in [2.05, 4.69) is 4.72 Å². The zero-order chi connectivity index (χ0) is 14.6. The first-order valence-corrected chi connectivity index (χ1v) is 7.29. The van der Waals surface area contributed by atoms with Gasteiger partial charge in [-0.15, -0.1) is 0 Å². The van der Waals surface area contributed by atoms with Crippen LogP contribution in [0.1, 0.15) is 25.0 Å². The third kappa shape index (κ3) is 3.88. The van der Waals surface area contributed by atoms with Gasteiger partial charge in [0.2, 0.25) is 10.0 Å². The molecule has 0 heterocycles. The summed E-state index contributed by atoms with van der Waals surface area (Å²) in [5.74, 6) is -0.389. The number of rotatable bonds is 5. The molecule has 19 heavy (non-hydrogen) atoms. The third-order valence-electron chi connectivity index (χ3n) is 2.71. The van der Waals surface area contributed by atoms with Gasteiger partial charge in [-0.2, -0.15) is 5.26 Å². The summed E-state index contributed by atoms with van der Waals surface area (Å²) in [5, 5.41) is 8.79. The van der Waals surface area contributed by atoms with Gasteiger partial charge in [0.25, 0.3) is 0 Å². The Morgan fingerprint density at radius 2 is 2.05 bits per heavy atom. The van der Waals surface area contributed by atoms with E-state index < -0.39 is 10.0 Å². The fourth-order valence-electron chi connectivity index (χ4n) is 1.38. The minimum absolute atomic E-state index is 0.0561. The van der Waals surface area contributed by atoms with Crippen LogP contribution >= 0.6 is 0 Å². The van der Waals surface area contributed by atoms with Gasteiger partial charge >= 0.3 is 0 Å². The molecule has 0 radical (unpaired) electrons. The largest absolute Gasteiger partial charge is 0.298 e. The molecule has 0 fully saturated rings. The molecule has 0 aliphatic heterocycles. The van der Waals surface area contributed by atoms with Crippen LogP contribution in [0.2, 0.25) is 0 Å². The van der Waals surface area contributed by atoms with Crippen molar-refractivity contribution in [1.82, 2.24) is 4.72 Å². The second-order valence-corrected chi connectivity index (χ2v) is 6.30. The molecule has 0 bridgehead atoms. The highest BCUT2D eigenvalue weighted by Crippen LogP contribution is 2.14. The van der Waals surface area contributed by atoms with Crippen molar-refractivity contribution in [2.45, 2.75) is 25.7 Å². The van der Waals surface area contributed by atoms with Crippen molar-refractivity contribution >= 4 is 15.8 Å². The van der Waals surface area contributed by atoms with Crippen LogP contribution in [0.3, 0.4) is 0 Å². The van der Waals surface area contributed by atoms with Crippen LogP contribution in [0.4, 0.5) is 0 Å². The van der Waals surface area contributed by atoms with E-state index in [1.54, 1.807) is 20.8 Å². The number of Topliss-reactive ketones (excluding diaryl/α,β-unsaturated/α-hetero) is 1. The smallest absolute Gasteiger partial charge is 0.240 e. The molecule has 0 aliphatic carbocycles. The monoisotopic (exact) mass is 280 g/mol. The summed E-state index contributed by atoms with van der Waals surface area (Å²) in [4.78, 5) is 11.5. The Bertz CT molecular complexity index is 628. The van der Waals surface area contributed by atoms with Gasteiger partial charge in [0.05, 0.1) is 23.1 Å². The van der Waals surface area contributed by atoms with E-state index in [1.807, 2.05) is 6.07 Å². The molecule has 0 amide bonds. The predicted octanol–water partition coefficient (Wildman–Crippen LogP) is 1.37. The van der Waals surface area contributed by atoms with Crippen LogP contribution < -0.4 is 4.72 Å². The minimum atomic E-state index is -3.72. The molecule has 0 aliphatic rings. The molecule has 0 aromatic heterocycles. The number of sulfonamides is 1. The van der Waals surface area contributed by atoms with E-state index in [0.29, 0.717) is 11.1 Å². The Morgan fingerprint density at radius 3 is 2.53 bits per heavy atom. The molecule has 1 aromatic carbocycles. The molecule has 0 saturated carbocycles. The second-order valence-electron chi connectivity index (χ2n) is 4.53. The van der Waals surface area contributed by atoms with Crippen molar-refractivity contribution in [3.63, 3.8) is 0 Å². The lowest BCUT2D eigenvalue weighted by Gasteiger charge is -2.08. The molecule has 6 heteroatoms. The number of carbonyl (C=O) groups excluding carboxylic acids is 1. The maximum Gasteiger partial charge on any atom is 0.240 e. The average molecular weight is 280 g/mol. The van der Waals surface area contributed by atoms with Gasteiger partial charge in [-0.1, -0.05) is 13.8 Å². The molecule has 1 aromatic rings. The topological polar surface area (TPSA) is 87.0 Å². The van der Waals surface area contributed by atoms with Crippen LogP contribution in [0.15, 0.2) is 23.1 Å². The van der Waals surface area contributed by atoms with Crippen LogP contribution in [0.5, 0.6) is 0 Å². The van der Waals surface area contributed by atoms with E-state index in [1.165, 1.54) is 18.2 Å². The van der Waals surface area contributed by atoms with Crippen LogP contribution in [-0.2, 0) is 14.8 Å². The summed E-state index contributed by atoms with van der Waals surface area (Å²) in [5.41, 5.74) is 1.01. The first-order valence-electron chi connectivity index (χ1n) is 5.81. The van der Waals surface area contributed by atoms with Gasteiger partial charge in [0, 0.05) is 5.92 Å². The van der Waals surface area contributed by atoms with Crippen molar-refractivity contribution in [2.24, 2.45) is 5.92 Å². The van der Waals surface area contributed by atoms with Gasteiger partial charge in [0.15, 0.2) is 0 Å². The summed E-state index contributed by atoms with van der Waals surface area (Å²) >= 11 is 0. The highest BCUT2D eigenvalue weighted by atomic mass is 32.2. The van der Waals surface area contributed by atoms with Gasteiger partial charge in [-0.05, 0) is 30.7 Å². The highest BCUT2D eigenvalue weighted by Gasteiger charge is 2.17. The summed E-state index contributed by atoms with van der Waals surface area (Å²) in [6, 6.07) is 6.19.